The molecule has 0 saturated heterocycles. The number of nitrogens with one attached hydrogen (secondary N) is 2. The van der Waals surface area contributed by atoms with Crippen molar-refractivity contribution >= 4 is 28.7 Å². The maximum absolute atomic E-state index is 11.3. The van der Waals surface area contributed by atoms with Gasteiger partial charge in [-0.3, -0.25) is 4.79 Å². The molecule has 1 heterocycles. The highest BCUT2D eigenvalue weighted by atomic mass is 35.5. The third-order valence-corrected chi connectivity index (χ3v) is 4.24. The predicted octanol–water partition coefficient (Wildman–Crippen LogP) is -0.940. The Morgan fingerprint density at radius 1 is 1.09 bits per heavy atom. The molecule has 0 fully saturated rings. The number of hydrogen-bond donors (Lipinski definition) is 2. The lowest BCUT2D eigenvalue weighted by Crippen LogP contribution is -3.00. The van der Waals surface area contributed by atoms with Gasteiger partial charge in [-0.2, -0.15) is 4.99 Å². The summed E-state index contributed by atoms with van der Waals surface area (Å²) in [5, 5.41) is 3.46. The van der Waals surface area contributed by atoms with Crippen LogP contribution in [-0.4, -0.2) is 11.1 Å². The van der Waals surface area contributed by atoms with Gasteiger partial charge in [0.05, 0.1) is 0 Å². The average molecular weight is 334 g/mol. The fourth-order valence-corrected chi connectivity index (χ4v) is 3.37. The quantitative estimate of drug-likeness (QED) is 0.697. The number of aliphatic imine (C=N–C) groups is 1. The molecule has 0 saturated carbocycles. The summed E-state index contributed by atoms with van der Waals surface area (Å²) in [6.45, 7) is 1.50. The van der Waals surface area contributed by atoms with Crippen LogP contribution in [0, 0.1) is 0 Å². The van der Waals surface area contributed by atoms with Crippen molar-refractivity contribution in [3.63, 3.8) is 0 Å². The maximum Gasteiger partial charge on any atom is 0.228 e. The van der Waals surface area contributed by atoms with E-state index in [4.69, 9.17) is 0 Å². The zero-order valence-corrected chi connectivity index (χ0v) is 13.6. The topological polar surface area (TPSA) is 45.9 Å². The number of hydrogen-bond acceptors (Lipinski definition) is 3. The molecule has 0 radical (unpaired) electrons. The molecule has 0 bridgehead atoms. The second-order valence-electron chi connectivity index (χ2n) is 4.76. The number of quaternary nitrogens is 1. The number of para-hydroxylation sites is 1. The van der Waals surface area contributed by atoms with Crippen LogP contribution in [0.3, 0.4) is 0 Å². The number of amidine groups is 1. The minimum Gasteiger partial charge on any atom is -1.00 e. The molecule has 0 aromatic heterocycles. The fourth-order valence-electron chi connectivity index (χ4n) is 2.25. The van der Waals surface area contributed by atoms with Gasteiger partial charge in [0.2, 0.25) is 17.2 Å². The Balaban J connectivity index is 0.00000176. The summed E-state index contributed by atoms with van der Waals surface area (Å²) in [6, 6.07) is 20.3. The molecule has 22 heavy (non-hydrogen) atoms. The van der Waals surface area contributed by atoms with E-state index >= 15 is 0 Å². The monoisotopic (exact) mass is 333 g/mol. The Hall–Kier alpha value is -1.82. The van der Waals surface area contributed by atoms with Crippen molar-refractivity contribution in [1.29, 1.82) is 0 Å². The van der Waals surface area contributed by atoms with Gasteiger partial charge in [-0.25, -0.2) is 4.31 Å². The smallest absolute Gasteiger partial charge is 0.228 e. The summed E-state index contributed by atoms with van der Waals surface area (Å²) in [7, 11) is 0. The number of carbonyl (C=O) groups excluding carboxylic acids is 1. The molecular weight excluding hydrogens is 318 g/mol. The van der Waals surface area contributed by atoms with E-state index in [9.17, 15) is 4.79 Å². The second-order valence-corrected chi connectivity index (χ2v) is 5.79. The van der Waals surface area contributed by atoms with E-state index < -0.39 is 0 Å². The third kappa shape index (κ3) is 3.68. The molecule has 4 nitrogen and oxygen atoms in total. The minimum atomic E-state index is -0.0950. The lowest BCUT2D eigenvalue weighted by Gasteiger charge is -2.16. The Labute approximate surface area is 140 Å². The maximum atomic E-state index is 11.3. The van der Waals surface area contributed by atoms with Gasteiger partial charge in [-0.1, -0.05) is 48.5 Å². The molecule has 2 aromatic rings. The van der Waals surface area contributed by atoms with Gasteiger partial charge in [-0.05, 0) is 0 Å². The molecule has 0 spiro atoms. The van der Waals surface area contributed by atoms with Crippen LogP contribution in [0.1, 0.15) is 18.7 Å². The van der Waals surface area contributed by atoms with Gasteiger partial charge in [-0.15, -0.1) is 0 Å². The predicted molar refractivity (Wildman–Crippen MR) is 85.1 cm³/mol. The molecule has 2 atom stereocenters. The highest BCUT2D eigenvalue weighted by molar-refractivity contribution is 8.08. The minimum absolute atomic E-state index is 0. The third-order valence-electron chi connectivity index (χ3n) is 3.16. The van der Waals surface area contributed by atoms with Gasteiger partial charge >= 0.3 is 0 Å². The lowest BCUT2D eigenvalue weighted by atomic mass is 10.1. The number of nitrogens with zero attached hydrogens (tertiary/aromatic N) is 1. The molecule has 2 aromatic carbocycles. The summed E-state index contributed by atoms with van der Waals surface area (Å²) in [5.74, 6) is -0.0950. The summed E-state index contributed by atoms with van der Waals surface area (Å²) in [5.41, 5.74) is 2.27. The van der Waals surface area contributed by atoms with Crippen LogP contribution in [0.25, 0.3) is 0 Å². The van der Waals surface area contributed by atoms with Gasteiger partial charge in [0.15, 0.2) is 11.9 Å². The van der Waals surface area contributed by atoms with Crippen LogP contribution < -0.4 is 22.0 Å². The van der Waals surface area contributed by atoms with Crippen molar-refractivity contribution in [3.8, 4) is 0 Å². The molecule has 114 valence electrons. The average Bonchev–Trinajstić information content (AvgIpc) is 2.92. The van der Waals surface area contributed by atoms with Crippen LogP contribution in [0.2, 0.25) is 0 Å². The number of halogens is 1. The molecule has 2 unspecified atom stereocenters. The Kier molecular flexibility index (Phi) is 5.60. The first-order chi connectivity index (χ1) is 10.2. The summed E-state index contributed by atoms with van der Waals surface area (Å²) >= 11 is 1.53. The Bertz CT molecular complexity index is 664. The van der Waals surface area contributed by atoms with Gasteiger partial charge in [0, 0.05) is 24.6 Å². The van der Waals surface area contributed by atoms with Gasteiger partial charge in [0.1, 0.15) is 5.69 Å². The number of amides is 1. The van der Waals surface area contributed by atoms with Crippen LogP contribution in [0.5, 0.6) is 0 Å². The highest BCUT2D eigenvalue weighted by Gasteiger charge is 2.36. The Morgan fingerprint density at radius 2 is 1.68 bits per heavy atom. The first-order valence-electron chi connectivity index (χ1n) is 6.74. The molecule has 1 aliphatic heterocycles. The fraction of sp³-hybridized carbons (Fsp3) is 0.125. The molecule has 3 rings (SSSR count). The van der Waals surface area contributed by atoms with Crippen molar-refractivity contribution in [2.75, 3.05) is 0 Å². The second kappa shape index (κ2) is 7.45. The summed E-state index contributed by atoms with van der Waals surface area (Å²) in [6.07, 6.45) is -0.0551. The first-order valence-corrected chi connectivity index (χ1v) is 7.56. The highest BCUT2D eigenvalue weighted by Crippen LogP contribution is 2.22. The van der Waals surface area contributed by atoms with Gasteiger partial charge in [0.25, 0.3) is 0 Å². The largest absolute Gasteiger partial charge is 1.00 e. The molecule has 1 amide bonds. The standard InChI is InChI=1S/C16H15N3OS.ClH/c1-12(20)17-16-18-15(13-8-4-2-5-9-13)19(21-16)14-10-6-3-7-11-14;/h2-11,15H,1H3,(H,17,18,20);1H. The van der Waals surface area contributed by atoms with Crippen molar-refractivity contribution in [3.05, 3.63) is 66.2 Å². The van der Waals surface area contributed by atoms with E-state index in [1.165, 1.54) is 18.9 Å². The number of benzene rings is 2. The van der Waals surface area contributed by atoms with Crippen LogP contribution >= 0.6 is 11.9 Å². The first kappa shape index (κ1) is 16.5. The molecule has 2 N–H and O–H groups in total. The van der Waals surface area contributed by atoms with Crippen LogP contribution in [-0.2, 0) is 4.79 Å². The SMILES string of the molecule is CC(=O)NC1=NC(c2ccccc2)[NH+](c2ccccc2)S1.[Cl-]. The van der Waals surface area contributed by atoms with Crippen LogP contribution in [0.4, 0.5) is 5.69 Å². The van der Waals surface area contributed by atoms with Gasteiger partial charge < -0.3 is 17.7 Å². The lowest BCUT2D eigenvalue weighted by molar-refractivity contribution is -0.713. The molecule has 6 heteroatoms. The van der Waals surface area contributed by atoms with E-state index in [1.807, 2.05) is 36.4 Å². The van der Waals surface area contributed by atoms with E-state index in [-0.39, 0.29) is 24.5 Å². The van der Waals surface area contributed by atoms with Crippen molar-refractivity contribution in [1.82, 2.24) is 5.32 Å². The number of rotatable bonds is 2. The van der Waals surface area contributed by atoms with Crippen LogP contribution in [0.15, 0.2) is 65.7 Å². The van der Waals surface area contributed by atoms with E-state index in [0.29, 0.717) is 5.17 Å². The van der Waals surface area contributed by atoms with Crippen molar-refractivity contribution in [2.24, 2.45) is 4.99 Å². The van der Waals surface area contributed by atoms with E-state index in [1.54, 1.807) is 0 Å². The number of carbonyl (C=O) groups is 1. The zero-order chi connectivity index (χ0) is 14.7. The summed E-state index contributed by atoms with van der Waals surface area (Å²) < 4.78 is 1.14. The van der Waals surface area contributed by atoms with Crippen molar-refractivity contribution in [2.45, 2.75) is 13.1 Å². The summed E-state index contributed by atoms with van der Waals surface area (Å²) in [4.78, 5) is 15.9. The van der Waals surface area contributed by atoms with E-state index in [0.717, 1.165) is 15.6 Å². The zero-order valence-electron chi connectivity index (χ0n) is 12.0. The molecule has 1 aliphatic rings. The molecule has 0 aliphatic carbocycles. The molecular formula is C16H16ClN3OS. The van der Waals surface area contributed by atoms with E-state index in [2.05, 4.69) is 34.6 Å². The van der Waals surface area contributed by atoms with Crippen molar-refractivity contribution < 1.29 is 21.5 Å². The Morgan fingerprint density at radius 3 is 2.27 bits per heavy atom. The normalized spacial score (nSPS) is 20.0.